The molecule has 1 atom stereocenters. The third-order valence-electron chi connectivity index (χ3n) is 4.99. The van der Waals surface area contributed by atoms with Gasteiger partial charge in [-0.1, -0.05) is 45.0 Å². The largest absolute Gasteiger partial charge is 0.497 e. The Hall–Kier alpha value is -2.54. The summed E-state index contributed by atoms with van der Waals surface area (Å²) in [6, 6.07) is 13.2. The lowest BCUT2D eigenvalue weighted by atomic mass is 10.1. The van der Waals surface area contributed by atoms with Gasteiger partial charge >= 0.3 is 0 Å². The van der Waals surface area contributed by atoms with Crippen molar-refractivity contribution in [1.29, 1.82) is 0 Å². The Bertz CT molecular complexity index is 856. The van der Waals surface area contributed by atoms with E-state index in [1.807, 2.05) is 45.0 Å². The first-order chi connectivity index (χ1) is 15.3. The zero-order chi connectivity index (χ0) is 23.5. The van der Waals surface area contributed by atoms with Gasteiger partial charge in [-0.2, -0.15) is 0 Å². The van der Waals surface area contributed by atoms with Crippen molar-refractivity contribution in [3.05, 3.63) is 65.5 Å². The van der Waals surface area contributed by atoms with Crippen molar-refractivity contribution in [1.82, 2.24) is 10.2 Å². The van der Waals surface area contributed by atoms with Crippen molar-refractivity contribution in [2.75, 3.05) is 19.4 Å². The van der Waals surface area contributed by atoms with E-state index < -0.39 is 6.04 Å². The molecule has 1 N–H and O–H groups in total. The number of thioether (sulfide) groups is 1. The van der Waals surface area contributed by atoms with Crippen LogP contribution in [0, 0.1) is 11.7 Å². The number of rotatable bonds is 12. The lowest BCUT2D eigenvalue weighted by molar-refractivity contribution is -0.139. The topological polar surface area (TPSA) is 58.6 Å². The van der Waals surface area contributed by atoms with Crippen molar-refractivity contribution in [2.24, 2.45) is 5.92 Å². The standard InChI is InChI=1S/C25H33FN2O3S/c1-5-23(25(30)27-14-18(2)3)28(15-19-8-12-22(31-4)13-9-19)24(29)17-32-16-20-6-10-21(26)11-7-20/h6-13,18,23H,5,14-17H2,1-4H3,(H,27,30). The fourth-order valence-electron chi connectivity index (χ4n) is 3.19. The van der Waals surface area contributed by atoms with Crippen LogP contribution in [0.2, 0.25) is 0 Å². The molecule has 2 rings (SSSR count). The van der Waals surface area contributed by atoms with E-state index in [9.17, 15) is 14.0 Å². The highest BCUT2D eigenvalue weighted by Crippen LogP contribution is 2.19. The number of benzene rings is 2. The van der Waals surface area contributed by atoms with Gasteiger partial charge in [0.15, 0.2) is 0 Å². The minimum absolute atomic E-state index is 0.0977. The summed E-state index contributed by atoms with van der Waals surface area (Å²) in [6.45, 7) is 6.90. The Labute approximate surface area is 194 Å². The van der Waals surface area contributed by atoms with Crippen molar-refractivity contribution in [3.8, 4) is 5.75 Å². The number of hydrogen-bond donors (Lipinski definition) is 1. The summed E-state index contributed by atoms with van der Waals surface area (Å²) in [4.78, 5) is 27.7. The van der Waals surface area contributed by atoms with Crippen molar-refractivity contribution >= 4 is 23.6 Å². The monoisotopic (exact) mass is 460 g/mol. The van der Waals surface area contributed by atoms with E-state index in [2.05, 4.69) is 5.32 Å². The van der Waals surface area contributed by atoms with Gasteiger partial charge in [-0.05, 0) is 47.7 Å². The summed E-state index contributed by atoms with van der Waals surface area (Å²) in [7, 11) is 1.61. The Morgan fingerprint density at radius 2 is 1.69 bits per heavy atom. The van der Waals surface area contributed by atoms with Crippen LogP contribution in [0.3, 0.4) is 0 Å². The third-order valence-corrected chi connectivity index (χ3v) is 5.98. The van der Waals surface area contributed by atoms with Crippen LogP contribution < -0.4 is 10.1 Å². The maximum Gasteiger partial charge on any atom is 0.242 e. The lowest BCUT2D eigenvalue weighted by Gasteiger charge is -2.31. The Morgan fingerprint density at radius 1 is 1.06 bits per heavy atom. The molecule has 2 aromatic rings. The molecule has 2 amide bonds. The second-order valence-electron chi connectivity index (χ2n) is 8.05. The molecule has 5 nitrogen and oxygen atoms in total. The van der Waals surface area contributed by atoms with Gasteiger partial charge in [0.05, 0.1) is 12.9 Å². The molecule has 0 aliphatic rings. The van der Waals surface area contributed by atoms with E-state index in [4.69, 9.17) is 4.74 Å². The summed E-state index contributed by atoms with van der Waals surface area (Å²) in [6.07, 6.45) is 0.522. The van der Waals surface area contributed by atoms with Gasteiger partial charge in [-0.3, -0.25) is 9.59 Å². The normalized spacial score (nSPS) is 11.8. The zero-order valence-electron chi connectivity index (χ0n) is 19.3. The second kappa shape index (κ2) is 13.1. The smallest absolute Gasteiger partial charge is 0.242 e. The average Bonchev–Trinajstić information content (AvgIpc) is 2.79. The molecule has 1 unspecified atom stereocenters. The van der Waals surface area contributed by atoms with E-state index in [-0.39, 0.29) is 23.4 Å². The summed E-state index contributed by atoms with van der Waals surface area (Å²) in [5.74, 6) is 1.39. The van der Waals surface area contributed by atoms with Crippen LogP contribution in [0.5, 0.6) is 5.75 Å². The number of ether oxygens (including phenoxy) is 1. The average molecular weight is 461 g/mol. The lowest BCUT2D eigenvalue weighted by Crippen LogP contribution is -2.50. The van der Waals surface area contributed by atoms with Crippen LogP contribution in [-0.4, -0.2) is 42.2 Å². The predicted molar refractivity (Wildman–Crippen MR) is 128 cm³/mol. The maximum atomic E-state index is 13.2. The van der Waals surface area contributed by atoms with Crippen molar-refractivity contribution < 1.29 is 18.7 Å². The number of nitrogens with zero attached hydrogens (tertiary/aromatic N) is 1. The molecule has 0 radical (unpaired) electrons. The number of amides is 2. The van der Waals surface area contributed by atoms with Crippen molar-refractivity contribution in [2.45, 2.75) is 45.5 Å². The molecular weight excluding hydrogens is 427 g/mol. The molecule has 32 heavy (non-hydrogen) atoms. The number of halogens is 1. The van der Waals surface area contributed by atoms with E-state index in [0.29, 0.717) is 31.2 Å². The molecule has 0 fully saturated rings. The highest BCUT2D eigenvalue weighted by Gasteiger charge is 2.28. The first kappa shape index (κ1) is 25.7. The van der Waals surface area contributed by atoms with Crippen LogP contribution in [0.15, 0.2) is 48.5 Å². The molecule has 0 aromatic heterocycles. The maximum absolute atomic E-state index is 13.2. The quantitative estimate of drug-likeness (QED) is 0.501. The summed E-state index contributed by atoms with van der Waals surface area (Å²) >= 11 is 1.46. The van der Waals surface area contributed by atoms with Crippen LogP contribution in [0.1, 0.15) is 38.3 Å². The van der Waals surface area contributed by atoms with Gasteiger partial charge in [0.25, 0.3) is 0 Å². The highest BCUT2D eigenvalue weighted by atomic mass is 32.2. The Kier molecular flexibility index (Phi) is 10.5. The molecule has 0 heterocycles. The highest BCUT2D eigenvalue weighted by molar-refractivity contribution is 7.99. The molecule has 0 saturated heterocycles. The molecule has 7 heteroatoms. The molecule has 0 aliphatic heterocycles. The zero-order valence-corrected chi connectivity index (χ0v) is 20.1. The minimum atomic E-state index is -0.547. The fourth-order valence-corrected chi connectivity index (χ4v) is 4.06. The van der Waals surface area contributed by atoms with E-state index in [0.717, 1.165) is 16.9 Å². The SMILES string of the molecule is CCC(C(=O)NCC(C)C)N(Cc1ccc(OC)cc1)C(=O)CSCc1ccc(F)cc1. The first-order valence-corrected chi connectivity index (χ1v) is 12.0. The van der Waals surface area contributed by atoms with Gasteiger partial charge in [0.2, 0.25) is 11.8 Å². The van der Waals surface area contributed by atoms with Gasteiger partial charge < -0.3 is 15.0 Å². The molecule has 0 spiro atoms. The van der Waals surface area contributed by atoms with Crippen LogP contribution >= 0.6 is 11.8 Å². The molecule has 0 aliphatic carbocycles. The Morgan fingerprint density at radius 3 is 2.25 bits per heavy atom. The van der Waals surface area contributed by atoms with E-state index in [1.54, 1.807) is 24.1 Å². The Balaban J connectivity index is 2.11. The van der Waals surface area contributed by atoms with E-state index in [1.165, 1.54) is 23.9 Å². The molecule has 0 bridgehead atoms. The fraction of sp³-hybridized carbons (Fsp3) is 0.440. The number of methoxy groups -OCH3 is 1. The second-order valence-corrected chi connectivity index (χ2v) is 9.04. The first-order valence-electron chi connectivity index (χ1n) is 10.9. The number of carbonyl (C=O) groups is 2. The van der Waals surface area contributed by atoms with Gasteiger partial charge in [0.1, 0.15) is 17.6 Å². The molecule has 0 saturated carbocycles. The third kappa shape index (κ3) is 8.19. The van der Waals surface area contributed by atoms with Gasteiger partial charge in [0, 0.05) is 18.8 Å². The van der Waals surface area contributed by atoms with Gasteiger partial charge in [-0.15, -0.1) is 11.8 Å². The van der Waals surface area contributed by atoms with Gasteiger partial charge in [-0.25, -0.2) is 4.39 Å². The summed E-state index contributed by atoms with van der Waals surface area (Å²) in [5.41, 5.74) is 1.88. The van der Waals surface area contributed by atoms with Crippen LogP contribution in [0.25, 0.3) is 0 Å². The number of carbonyl (C=O) groups excluding carboxylic acids is 2. The van der Waals surface area contributed by atoms with Crippen molar-refractivity contribution in [3.63, 3.8) is 0 Å². The molecule has 174 valence electrons. The number of nitrogens with one attached hydrogen (secondary N) is 1. The van der Waals surface area contributed by atoms with Crippen LogP contribution in [0.4, 0.5) is 4.39 Å². The summed E-state index contributed by atoms with van der Waals surface area (Å²) < 4.78 is 18.3. The number of hydrogen-bond acceptors (Lipinski definition) is 4. The summed E-state index contributed by atoms with van der Waals surface area (Å²) in [5, 5.41) is 2.96. The predicted octanol–water partition coefficient (Wildman–Crippen LogP) is 4.65. The van der Waals surface area contributed by atoms with Crippen LogP contribution in [-0.2, 0) is 21.9 Å². The molecule has 2 aromatic carbocycles. The van der Waals surface area contributed by atoms with E-state index >= 15 is 0 Å². The minimum Gasteiger partial charge on any atom is -0.497 e. The molecular formula is C25H33FN2O3S.